The van der Waals surface area contributed by atoms with Gasteiger partial charge < -0.3 is 5.11 Å². The molecule has 0 saturated carbocycles. The molecule has 1 atom stereocenters. The SMILES string of the molecule is O=C(O)[C@@H](CBr)Cc1ccccc1. The van der Waals surface area contributed by atoms with Crippen molar-refractivity contribution in [2.45, 2.75) is 6.42 Å². The zero-order chi connectivity index (χ0) is 9.68. The van der Waals surface area contributed by atoms with Crippen LogP contribution in [0.25, 0.3) is 0 Å². The Morgan fingerprint density at radius 3 is 2.46 bits per heavy atom. The van der Waals surface area contributed by atoms with Gasteiger partial charge in [0.15, 0.2) is 0 Å². The van der Waals surface area contributed by atoms with Crippen LogP contribution in [0.2, 0.25) is 0 Å². The van der Waals surface area contributed by atoms with E-state index in [4.69, 9.17) is 5.11 Å². The van der Waals surface area contributed by atoms with Crippen LogP contribution >= 0.6 is 15.9 Å². The molecule has 0 aromatic heterocycles. The van der Waals surface area contributed by atoms with Crippen LogP contribution in [0, 0.1) is 5.92 Å². The van der Waals surface area contributed by atoms with Gasteiger partial charge in [-0.05, 0) is 12.0 Å². The maximum absolute atomic E-state index is 10.7. The molecule has 70 valence electrons. The van der Waals surface area contributed by atoms with Crippen molar-refractivity contribution in [3.63, 3.8) is 0 Å². The quantitative estimate of drug-likeness (QED) is 0.824. The highest BCUT2D eigenvalue weighted by atomic mass is 79.9. The zero-order valence-electron chi connectivity index (χ0n) is 7.11. The fraction of sp³-hybridized carbons (Fsp3) is 0.300. The van der Waals surface area contributed by atoms with Gasteiger partial charge in [0.25, 0.3) is 0 Å². The third-order valence-corrected chi connectivity index (χ3v) is 2.64. The summed E-state index contributed by atoms with van der Waals surface area (Å²) in [5, 5.41) is 9.30. The number of benzene rings is 1. The first-order chi connectivity index (χ1) is 6.24. The summed E-state index contributed by atoms with van der Waals surface area (Å²) in [7, 11) is 0. The van der Waals surface area contributed by atoms with E-state index >= 15 is 0 Å². The summed E-state index contributed by atoms with van der Waals surface area (Å²) in [5.41, 5.74) is 1.06. The van der Waals surface area contributed by atoms with Crippen molar-refractivity contribution in [2.24, 2.45) is 5.92 Å². The summed E-state index contributed by atoms with van der Waals surface area (Å²) in [6, 6.07) is 9.65. The van der Waals surface area contributed by atoms with Crippen LogP contribution < -0.4 is 0 Å². The highest BCUT2D eigenvalue weighted by molar-refractivity contribution is 9.09. The highest BCUT2D eigenvalue weighted by Crippen LogP contribution is 2.11. The van der Waals surface area contributed by atoms with Crippen LogP contribution in [-0.2, 0) is 11.2 Å². The predicted octanol–water partition coefficient (Wildman–Crippen LogP) is 2.32. The lowest BCUT2D eigenvalue weighted by atomic mass is 10.0. The molecule has 0 bridgehead atoms. The number of hydrogen-bond donors (Lipinski definition) is 1. The van der Waals surface area contributed by atoms with Gasteiger partial charge in [0, 0.05) is 5.33 Å². The molecule has 0 aliphatic carbocycles. The van der Waals surface area contributed by atoms with E-state index in [2.05, 4.69) is 15.9 Å². The molecule has 0 spiro atoms. The number of hydrogen-bond acceptors (Lipinski definition) is 1. The maximum atomic E-state index is 10.7. The lowest BCUT2D eigenvalue weighted by Gasteiger charge is -2.07. The van der Waals surface area contributed by atoms with Crippen molar-refractivity contribution >= 4 is 21.9 Å². The average molecular weight is 243 g/mol. The summed E-state index contributed by atoms with van der Waals surface area (Å²) in [5.74, 6) is -1.08. The second-order valence-corrected chi connectivity index (χ2v) is 3.53. The van der Waals surface area contributed by atoms with Gasteiger partial charge in [0.1, 0.15) is 0 Å². The molecule has 0 radical (unpaired) electrons. The normalized spacial score (nSPS) is 12.4. The van der Waals surface area contributed by atoms with E-state index in [1.54, 1.807) is 0 Å². The molecule has 1 N–H and O–H groups in total. The Morgan fingerprint density at radius 1 is 1.38 bits per heavy atom. The molecule has 3 heteroatoms. The molecule has 2 nitrogen and oxygen atoms in total. The predicted molar refractivity (Wildman–Crippen MR) is 55.1 cm³/mol. The van der Waals surface area contributed by atoms with Crippen LogP contribution in [0.5, 0.6) is 0 Å². The smallest absolute Gasteiger partial charge is 0.307 e. The fourth-order valence-corrected chi connectivity index (χ4v) is 1.61. The maximum Gasteiger partial charge on any atom is 0.307 e. The summed E-state index contributed by atoms with van der Waals surface area (Å²) in [6.07, 6.45) is 0.585. The van der Waals surface area contributed by atoms with Gasteiger partial charge in [0.05, 0.1) is 5.92 Å². The van der Waals surface area contributed by atoms with E-state index in [9.17, 15) is 4.79 Å². The van der Waals surface area contributed by atoms with Crippen molar-refractivity contribution in [1.29, 1.82) is 0 Å². The van der Waals surface area contributed by atoms with Crippen molar-refractivity contribution in [3.8, 4) is 0 Å². The Kier molecular flexibility index (Phi) is 3.96. The van der Waals surface area contributed by atoms with Gasteiger partial charge >= 0.3 is 5.97 Å². The minimum absolute atomic E-state index is 0.331. The Morgan fingerprint density at radius 2 is 2.00 bits per heavy atom. The summed E-state index contributed by atoms with van der Waals surface area (Å²) in [6.45, 7) is 0. The number of aliphatic carboxylic acids is 1. The van der Waals surface area contributed by atoms with E-state index < -0.39 is 5.97 Å². The number of halogens is 1. The first-order valence-electron chi connectivity index (χ1n) is 4.06. The van der Waals surface area contributed by atoms with E-state index in [0.29, 0.717) is 11.8 Å². The third kappa shape index (κ3) is 3.19. The minimum atomic E-state index is -0.749. The average Bonchev–Trinajstić information content (AvgIpc) is 2.15. The Hall–Kier alpha value is -0.830. The molecule has 0 aliphatic heterocycles. The Balaban J connectivity index is 2.62. The molecule has 0 saturated heterocycles. The van der Waals surface area contributed by atoms with Gasteiger partial charge in [0.2, 0.25) is 0 Å². The second kappa shape index (κ2) is 5.02. The van der Waals surface area contributed by atoms with Crippen LogP contribution in [0.15, 0.2) is 30.3 Å². The molecule has 0 heterocycles. The number of carbonyl (C=O) groups is 1. The largest absolute Gasteiger partial charge is 0.481 e. The van der Waals surface area contributed by atoms with Gasteiger partial charge in [-0.2, -0.15) is 0 Å². The summed E-state index contributed by atoms with van der Waals surface area (Å²) in [4.78, 5) is 10.7. The number of alkyl halides is 1. The lowest BCUT2D eigenvalue weighted by Crippen LogP contribution is -2.17. The topological polar surface area (TPSA) is 37.3 Å². The standard InChI is InChI=1S/C10H11BrO2/c11-7-9(10(12)13)6-8-4-2-1-3-5-8/h1-5,9H,6-7H2,(H,12,13)/t9-/m1/s1. The van der Waals surface area contributed by atoms with Crippen molar-refractivity contribution in [3.05, 3.63) is 35.9 Å². The highest BCUT2D eigenvalue weighted by Gasteiger charge is 2.15. The summed E-state index contributed by atoms with van der Waals surface area (Å²) < 4.78 is 0. The first kappa shape index (κ1) is 10.3. The molecule has 1 rings (SSSR count). The van der Waals surface area contributed by atoms with Crippen LogP contribution in [0.1, 0.15) is 5.56 Å². The molecular formula is C10H11BrO2. The number of rotatable bonds is 4. The van der Waals surface area contributed by atoms with Gasteiger partial charge in [-0.3, -0.25) is 4.79 Å². The van der Waals surface area contributed by atoms with E-state index in [1.165, 1.54) is 0 Å². The third-order valence-electron chi connectivity index (χ3n) is 1.86. The minimum Gasteiger partial charge on any atom is -0.481 e. The molecule has 1 aromatic carbocycles. The van der Waals surface area contributed by atoms with E-state index in [1.807, 2.05) is 30.3 Å². The van der Waals surface area contributed by atoms with Gasteiger partial charge in [-0.15, -0.1) is 0 Å². The fourth-order valence-electron chi connectivity index (χ4n) is 1.11. The van der Waals surface area contributed by atoms with Gasteiger partial charge in [-0.1, -0.05) is 46.3 Å². The van der Waals surface area contributed by atoms with Crippen molar-refractivity contribution in [2.75, 3.05) is 5.33 Å². The summed E-state index contributed by atoms with van der Waals surface area (Å²) >= 11 is 3.19. The lowest BCUT2D eigenvalue weighted by molar-refractivity contribution is -0.140. The van der Waals surface area contributed by atoms with Crippen LogP contribution in [-0.4, -0.2) is 16.4 Å². The second-order valence-electron chi connectivity index (χ2n) is 2.88. The first-order valence-corrected chi connectivity index (χ1v) is 5.19. The van der Waals surface area contributed by atoms with Crippen LogP contribution in [0.4, 0.5) is 0 Å². The molecular weight excluding hydrogens is 232 g/mol. The van der Waals surface area contributed by atoms with E-state index in [0.717, 1.165) is 5.56 Å². The Labute approximate surface area is 85.7 Å². The number of carboxylic acids is 1. The zero-order valence-corrected chi connectivity index (χ0v) is 8.70. The monoisotopic (exact) mass is 242 g/mol. The van der Waals surface area contributed by atoms with Crippen molar-refractivity contribution in [1.82, 2.24) is 0 Å². The molecule has 0 amide bonds. The van der Waals surface area contributed by atoms with Crippen LogP contribution in [0.3, 0.4) is 0 Å². The molecule has 0 fully saturated rings. The van der Waals surface area contributed by atoms with Gasteiger partial charge in [-0.25, -0.2) is 0 Å². The molecule has 0 aliphatic rings. The molecule has 0 unspecified atom stereocenters. The number of carboxylic acid groups (broad SMARTS) is 1. The molecule has 1 aromatic rings. The Bertz CT molecular complexity index is 272. The van der Waals surface area contributed by atoms with E-state index in [-0.39, 0.29) is 5.92 Å². The molecule has 13 heavy (non-hydrogen) atoms. The van der Waals surface area contributed by atoms with Crippen molar-refractivity contribution < 1.29 is 9.90 Å².